The number of aliphatic hydroxyl groups is 1. The molecule has 0 bridgehead atoms. The van der Waals surface area contributed by atoms with Crippen molar-refractivity contribution in [1.82, 2.24) is 5.32 Å². The van der Waals surface area contributed by atoms with Crippen LogP contribution in [0.5, 0.6) is 0 Å². The molecule has 4 nitrogen and oxygen atoms in total. The summed E-state index contributed by atoms with van der Waals surface area (Å²) in [6.07, 6.45) is 5.59. The van der Waals surface area contributed by atoms with Crippen molar-refractivity contribution in [3.05, 3.63) is 35.9 Å². The minimum absolute atomic E-state index is 0.110. The number of aliphatic hydroxyl groups excluding tert-OH is 1. The molecular formula is C24H49NO3. The molecule has 4 heteroatoms. The van der Waals surface area contributed by atoms with Crippen molar-refractivity contribution in [3.8, 4) is 0 Å². The van der Waals surface area contributed by atoms with E-state index in [9.17, 15) is 0 Å². The van der Waals surface area contributed by atoms with Crippen LogP contribution in [0.25, 0.3) is 0 Å². The fraction of sp³-hybridized carbons (Fsp3) is 0.750. The molecule has 0 saturated carbocycles. The highest BCUT2D eigenvalue weighted by atomic mass is 16.7. The fourth-order valence-corrected chi connectivity index (χ4v) is 1.95. The molecule has 1 unspecified atom stereocenters. The zero-order valence-electron chi connectivity index (χ0n) is 20.1. The van der Waals surface area contributed by atoms with Crippen LogP contribution >= 0.6 is 0 Å². The number of rotatable bonds is 10. The summed E-state index contributed by atoms with van der Waals surface area (Å²) in [6, 6.07) is 11.0. The van der Waals surface area contributed by atoms with Gasteiger partial charge in [-0.2, -0.15) is 0 Å². The molecule has 0 spiro atoms. The molecule has 28 heavy (non-hydrogen) atoms. The van der Waals surface area contributed by atoms with E-state index < -0.39 is 0 Å². The summed E-state index contributed by atoms with van der Waals surface area (Å²) < 4.78 is 10.4. The largest absolute Gasteiger partial charge is 0.400 e. The zero-order chi connectivity index (χ0) is 22.2. The quantitative estimate of drug-likeness (QED) is 0.392. The second-order valence-electron chi connectivity index (χ2n) is 7.09. The molecule has 0 aromatic heterocycles. The molecule has 0 radical (unpaired) electrons. The summed E-state index contributed by atoms with van der Waals surface area (Å²) in [4.78, 5) is 0. The SMILES string of the molecule is CCC.CCC(C)C.CO.COC(CC(C)NCCCc1ccccc1)OC. The van der Waals surface area contributed by atoms with Gasteiger partial charge in [0.05, 0.1) is 0 Å². The van der Waals surface area contributed by atoms with Gasteiger partial charge in [0.15, 0.2) is 6.29 Å². The van der Waals surface area contributed by atoms with Crippen LogP contribution in [0.15, 0.2) is 30.3 Å². The highest BCUT2D eigenvalue weighted by Crippen LogP contribution is 2.04. The van der Waals surface area contributed by atoms with Crippen LogP contribution in [0.1, 0.15) is 72.8 Å². The Morgan fingerprint density at radius 3 is 1.79 bits per heavy atom. The normalized spacial score (nSPS) is 10.9. The van der Waals surface area contributed by atoms with Crippen molar-refractivity contribution in [2.24, 2.45) is 5.92 Å². The minimum atomic E-state index is -0.110. The van der Waals surface area contributed by atoms with Crippen LogP contribution in [0.4, 0.5) is 0 Å². The highest BCUT2D eigenvalue weighted by Gasteiger charge is 2.10. The Labute approximate surface area is 176 Å². The highest BCUT2D eigenvalue weighted by molar-refractivity contribution is 5.14. The van der Waals surface area contributed by atoms with E-state index in [0.717, 1.165) is 38.8 Å². The maximum absolute atomic E-state index is 7.00. The average Bonchev–Trinajstić information content (AvgIpc) is 2.72. The van der Waals surface area contributed by atoms with Gasteiger partial charge in [-0.25, -0.2) is 0 Å². The molecule has 0 saturated heterocycles. The van der Waals surface area contributed by atoms with Gasteiger partial charge in [-0.15, -0.1) is 0 Å². The van der Waals surface area contributed by atoms with Crippen LogP contribution in [-0.2, 0) is 15.9 Å². The van der Waals surface area contributed by atoms with Gasteiger partial charge in [-0.05, 0) is 37.8 Å². The molecule has 0 amide bonds. The third-order valence-electron chi connectivity index (χ3n) is 3.87. The van der Waals surface area contributed by atoms with E-state index in [1.54, 1.807) is 14.2 Å². The van der Waals surface area contributed by atoms with E-state index in [-0.39, 0.29) is 6.29 Å². The average molecular weight is 400 g/mol. The number of aryl methyl sites for hydroxylation is 1. The van der Waals surface area contributed by atoms with Crippen molar-refractivity contribution in [1.29, 1.82) is 0 Å². The molecule has 0 heterocycles. The smallest absolute Gasteiger partial charge is 0.158 e. The molecule has 1 atom stereocenters. The first-order chi connectivity index (χ1) is 13.4. The number of hydrogen-bond acceptors (Lipinski definition) is 4. The van der Waals surface area contributed by atoms with Crippen LogP contribution in [0, 0.1) is 5.92 Å². The van der Waals surface area contributed by atoms with Gasteiger partial charge in [-0.3, -0.25) is 0 Å². The van der Waals surface area contributed by atoms with Gasteiger partial charge in [0, 0.05) is 33.8 Å². The zero-order valence-corrected chi connectivity index (χ0v) is 20.1. The summed E-state index contributed by atoms with van der Waals surface area (Å²) >= 11 is 0. The Balaban J connectivity index is -0.000000523. The Hall–Kier alpha value is -0.940. The number of hydrogen-bond donors (Lipinski definition) is 2. The Bertz CT molecular complexity index is 367. The summed E-state index contributed by atoms with van der Waals surface area (Å²) in [5.41, 5.74) is 1.40. The second-order valence-corrected chi connectivity index (χ2v) is 7.09. The first-order valence-electron chi connectivity index (χ1n) is 10.7. The maximum Gasteiger partial charge on any atom is 0.158 e. The van der Waals surface area contributed by atoms with Gasteiger partial charge in [0.2, 0.25) is 0 Å². The molecule has 1 aromatic carbocycles. The lowest BCUT2D eigenvalue weighted by Gasteiger charge is -2.19. The lowest BCUT2D eigenvalue weighted by molar-refractivity contribution is -0.109. The van der Waals surface area contributed by atoms with E-state index in [1.165, 1.54) is 18.4 Å². The number of methoxy groups -OCH3 is 2. The molecule has 0 aliphatic carbocycles. The standard InChI is InChI=1S/C15H25NO2.C5H12.C3H8.CH4O/c1-13(12-15(17-2)18-3)16-11-7-10-14-8-5-4-6-9-14;1-4-5(2)3;1-3-2;1-2/h4-6,8-9,13,15-16H,7,10-12H2,1-3H3;5H,4H2,1-3H3;3H2,1-2H3;2H,1H3. The van der Waals surface area contributed by atoms with E-state index >= 15 is 0 Å². The van der Waals surface area contributed by atoms with E-state index in [4.69, 9.17) is 14.6 Å². The monoisotopic (exact) mass is 399 g/mol. The predicted molar refractivity (Wildman–Crippen MR) is 124 cm³/mol. The van der Waals surface area contributed by atoms with Crippen LogP contribution < -0.4 is 5.32 Å². The summed E-state index contributed by atoms with van der Waals surface area (Å²) in [7, 11) is 4.35. The van der Waals surface area contributed by atoms with Crippen LogP contribution in [0.3, 0.4) is 0 Å². The molecule has 0 aliphatic rings. The molecule has 168 valence electrons. The molecule has 0 fully saturated rings. The topological polar surface area (TPSA) is 50.7 Å². The number of benzene rings is 1. The van der Waals surface area contributed by atoms with Gasteiger partial charge in [0.1, 0.15) is 0 Å². The third-order valence-corrected chi connectivity index (χ3v) is 3.87. The fourth-order valence-electron chi connectivity index (χ4n) is 1.95. The maximum atomic E-state index is 7.00. The molecule has 2 N–H and O–H groups in total. The van der Waals surface area contributed by atoms with E-state index in [1.807, 2.05) is 0 Å². The Kier molecular flexibility index (Phi) is 29.5. The minimum Gasteiger partial charge on any atom is -0.400 e. The van der Waals surface area contributed by atoms with Gasteiger partial charge >= 0.3 is 0 Å². The number of ether oxygens (including phenoxy) is 2. The second kappa shape index (κ2) is 26.1. The Morgan fingerprint density at radius 2 is 1.39 bits per heavy atom. The first-order valence-corrected chi connectivity index (χ1v) is 10.7. The molecular weight excluding hydrogens is 350 g/mol. The molecule has 1 rings (SSSR count). The summed E-state index contributed by atoms with van der Waals surface area (Å²) in [6.45, 7) is 14.1. The van der Waals surface area contributed by atoms with Crippen molar-refractivity contribution in [2.45, 2.75) is 86.0 Å². The first kappa shape index (κ1) is 31.7. The van der Waals surface area contributed by atoms with Crippen molar-refractivity contribution >= 4 is 0 Å². The summed E-state index contributed by atoms with van der Waals surface area (Å²) in [5, 5.41) is 10.5. The van der Waals surface area contributed by atoms with Crippen molar-refractivity contribution < 1.29 is 14.6 Å². The van der Waals surface area contributed by atoms with Gasteiger partial charge < -0.3 is 19.9 Å². The molecule has 0 aliphatic heterocycles. The Morgan fingerprint density at radius 1 is 0.929 bits per heavy atom. The van der Waals surface area contributed by atoms with Crippen molar-refractivity contribution in [3.63, 3.8) is 0 Å². The van der Waals surface area contributed by atoms with Gasteiger partial charge in [0.25, 0.3) is 0 Å². The lowest BCUT2D eigenvalue weighted by Crippen LogP contribution is -2.32. The predicted octanol–water partition coefficient (Wildman–Crippen LogP) is 5.68. The van der Waals surface area contributed by atoms with E-state index in [2.05, 4.69) is 77.2 Å². The third kappa shape index (κ3) is 25.1. The lowest BCUT2D eigenvalue weighted by atomic mass is 10.1. The van der Waals surface area contributed by atoms with Crippen LogP contribution in [-0.4, -0.2) is 45.3 Å². The number of nitrogens with one attached hydrogen (secondary N) is 1. The van der Waals surface area contributed by atoms with Crippen molar-refractivity contribution in [2.75, 3.05) is 27.9 Å². The van der Waals surface area contributed by atoms with Gasteiger partial charge in [-0.1, -0.05) is 77.8 Å². The summed E-state index contributed by atoms with van der Waals surface area (Å²) in [5.74, 6) is 0.884. The van der Waals surface area contributed by atoms with E-state index in [0.29, 0.717) is 6.04 Å². The van der Waals surface area contributed by atoms with Crippen LogP contribution in [0.2, 0.25) is 0 Å². The molecule has 1 aromatic rings.